The van der Waals surface area contributed by atoms with Crippen molar-refractivity contribution in [3.8, 4) is 0 Å². The van der Waals surface area contributed by atoms with Crippen LogP contribution < -0.4 is 0 Å². The van der Waals surface area contributed by atoms with E-state index in [1.165, 1.54) is 16.7 Å². The largest absolute Gasteiger partial charge is 0.395 e. The molecule has 0 spiro atoms. The van der Waals surface area contributed by atoms with E-state index in [-0.39, 0.29) is 6.61 Å². The normalized spacial score (nSPS) is 11.5. The number of rotatable bonds is 14. The van der Waals surface area contributed by atoms with E-state index in [1.807, 2.05) is 18.6 Å². The molecule has 6 nitrogen and oxygen atoms in total. The molecule has 0 atom stereocenters. The third-order valence-electron chi connectivity index (χ3n) is 6.19. The van der Waals surface area contributed by atoms with Gasteiger partial charge in [0.05, 0.1) is 23.7 Å². The lowest BCUT2D eigenvalue weighted by Gasteiger charge is -2.27. The van der Waals surface area contributed by atoms with E-state index in [1.54, 1.807) is 0 Å². The van der Waals surface area contributed by atoms with E-state index in [4.69, 9.17) is 0 Å². The first-order valence-electron chi connectivity index (χ1n) is 12.5. The molecule has 0 fully saturated rings. The summed E-state index contributed by atoms with van der Waals surface area (Å²) in [4.78, 5) is 18.6. The zero-order valence-corrected chi connectivity index (χ0v) is 21.0. The van der Waals surface area contributed by atoms with Gasteiger partial charge in [-0.05, 0) is 54.2 Å². The lowest BCUT2D eigenvalue weighted by atomic mass is 10.2. The molecule has 0 unspecified atom stereocenters. The van der Waals surface area contributed by atoms with E-state index >= 15 is 0 Å². The van der Waals surface area contributed by atoms with Gasteiger partial charge < -0.3 is 5.11 Å². The van der Waals surface area contributed by atoms with Gasteiger partial charge in [-0.3, -0.25) is 24.8 Å². The van der Waals surface area contributed by atoms with Gasteiger partial charge in [-0.25, -0.2) is 0 Å². The number of hydrogen-bond donors (Lipinski definition) is 1. The molecule has 3 heterocycles. The standard InChI is InChI=1S/C28H39N5O/c1-4-23-7-10-26(29-17-23)20-32(15-16-34)13-14-33(21-27-11-8-24(5-2)18-30-27)22-28-12-9-25(6-3)19-31-28/h7-12,17-19,34H,4-6,13-16,20-22H2,1-3H3. The van der Waals surface area contributed by atoms with Crippen LogP contribution in [-0.2, 0) is 38.9 Å². The number of nitrogens with zero attached hydrogens (tertiary/aromatic N) is 5. The third kappa shape index (κ3) is 8.28. The van der Waals surface area contributed by atoms with Crippen LogP contribution in [0.2, 0.25) is 0 Å². The minimum Gasteiger partial charge on any atom is -0.395 e. The maximum absolute atomic E-state index is 9.64. The molecule has 0 saturated heterocycles. The lowest BCUT2D eigenvalue weighted by Crippen LogP contribution is -2.36. The Hall–Kier alpha value is -2.67. The van der Waals surface area contributed by atoms with Crippen LogP contribution in [0.25, 0.3) is 0 Å². The van der Waals surface area contributed by atoms with Crippen molar-refractivity contribution in [3.05, 3.63) is 88.8 Å². The number of aliphatic hydroxyl groups excluding tert-OH is 1. The Morgan fingerprint density at radius 1 is 0.559 bits per heavy atom. The summed E-state index contributed by atoms with van der Waals surface area (Å²) in [7, 11) is 0. The van der Waals surface area contributed by atoms with Gasteiger partial charge in [0.2, 0.25) is 0 Å². The van der Waals surface area contributed by atoms with Crippen LogP contribution in [0, 0.1) is 0 Å². The van der Waals surface area contributed by atoms with Crippen molar-refractivity contribution in [2.75, 3.05) is 26.2 Å². The summed E-state index contributed by atoms with van der Waals surface area (Å²) >= 11 is 0. The Balaban J connectivity index is 1.68. The van der Waals surface area contributed by atoms with E-state index in [0.29, 0.717) is 6.54 Å². The Morgan fingerprint density at radius 2 is 0.941 bits per heavy atom. The highest BCUT2D eigenvalue weighted by Crippen LogP contribution is 2.11. The van der Waals surface area contributed by atoms with Gasteiger partial charge in [0.25, 0.3) is 0 Å². The molecule has 0 bridgehead atoms. The van der Waals surface area contributed by atoms with Crippen LogP contribution in [0.15, 0.2) is 55.0 Å². The lowest BCUT2D eigenvalue weighted by molar-refractivity contribution is 0.155. The summed E-state index contributed by atoms with van der Waals surface area (Å²) in [6, 6.07) is 12.8. The smallest absolute Gasteiger partial charge is 0.0558 e. The molecule has 0 amide bonds. The molecule has 3 aromatic rings. The van der Waals surface area contributed by atoms with Gasteiger partial charge in [0, 0.05) is 57.9 Å². The number of aryl methyl sites for hydroxylation is 3. The molecule has 3 aromatic heterocycles. The zero-order chi connectivity index (χ0) is 24.2. The molecular formula is C28H39N5O. The molecule has 0 aliphatic rings. The van der Waals surface area contributed by atoms with Gasteiger partial charge >= 0.3 is 0 Å². The van der Waals surface area contributed by atoms with E-state index < -0.39 is 0 Å². The quantitative estimate of drug-likeness (QED) is 0.391. The van der Waals surface area contributed by atoms with E-state index in [2.05, 4.69) is 81.9 Å². The predicted molar refractivity (Wildman–Crippen MR) is 137 cm³/mol. The summed E-state index contributed by atoms with van der Waals surface area (Å²) in [5.74, 6) is 0. The average molecular weight is 462 g/mol. The maximum Gasteiger partial charge on any atom is 0.0558 e. The van der Waals surface area contributed by atoms with Crippen molar-refractivity contribution in [2.45, 2.75) is 59.7 Å². The van der Waals surface area contributed by atoms with Crippen molar-refractivity contribution >= 4 is 0 Å². The van der Waals surface area contributed by atoms with Crippen molar-refractivity contribution in [1.29, 1.82) is 0 Å². The van der Waals surface area contributed by atoms with Gasteiger partial charge in [-0.2, -0.15) is 0 Å². The molecule has 1 N–H and O–H groups in total. The summed E-state index contributed by atoms with van der Waals surface area (Å²) in [5.41, 5.74) is 6.91. The maximum atomic E-state index is 9.64. The fourth-order valence-corrected chi connectivity index (χ4v) is 3.87. The predicted octanol–water partition coefficient (Wildman–Crippen LogP) is 4.06. The summed E-state index contributed by atoms with van der Waals surface area (Å²) in [6.45, 7) is 11.1. The minimum absolute atomic E-state index is 0.132. The molecule has 0 aliphatic carbocycles. The number of pyridine rings is 3. The number of aromatic nitrogens is 3. The second kappa shape index (κ2) is 13.9. The monoisotopic (exact) mass is 461 g/mol. The fourth-order valence-electron chi connectivity index (χ4n) is 3.87. The summed E-state index contributed by atoms with van der Waals surface area (Å²) in [6.07, 6.45) is 8.89. The first kappa shape index (κ1) is 25.9. The first-order valence-corrected chi connectivity index (χ1v) is 12.5. The number of hydrogen-bond acceptors (Lipinski definition) is 6. The van der Waals surface area contributed by atoms with Crippen molar-refractivity contribution in [2.24, 2.45) is 0 Å². The van der Waals surface area contributed by atoms with Gasteiger partial charge in [-0.1, -0.05) is 39.0 Å². The summed E-state index contributed by atoms with van der Waals surface area (Å²) < 4.78 is 0. The molecule has 6 heteroatoms. The van der Waals surface area contributed by atoms with E-state index in [9.17, 15) is 5.11 Å². The molecule has 34 heavy (non-hydrogen) atoms. The van der Waals surface area contributed by atoms with Crippen LogP contribution in [0.3, 0.4) is 0 Å². The van der Waals surface area contributed by atoms with Crippen molar-refractivity contribution in [1.82, 2.24) is 24.8 Å². The highest BCUT2D eigenvalue weighted by atomic mass is 16.3. The second-order valence-electron chi connectivity index (χ2n) is 8.74. The molecule has 0 aromatic carbocycles. The van der Waals surface area contributed by atoms with Crippen molar-refractivity contribution < 1.29 is 5.11 Å². The fraction of sp³-hybridized carbons (Fsp3) is 0.464. The SMILES string of the molecule is CCc1ccc(CN(CCO)CCN(Cc2ccc(CC)cn2)Cc2ccc(CC)cn2)nc1. The number of aliphatic hydroxyl groups is 1. The second-order valence-corrected chi connectivity index (χ2v) is 8.74. The zero-order valence-electron chi connectivity index (χ0n) is 21.0. The Morgan fingerprint density at radius 3 is 1.26 bits per heavy atom. The average Bonchev–Trinajstić information content (AvgIpc) is 2.88. The molecule has 0 radical (unpaired) electrons. The van der Waals surface area contributed by atoms with Gasteiger partial charge in [-0.15, -0.1) is 0 Å². The van der Waals surface area contributed by atoms with Crippen LogP contribution in [-0.4, -0.2) is 56.1 Å². The highest BCUT2D eigenvalue weighted by Gasteiger charge is 2.13. The van der Waals surface area contributed by atoms with Crippen LogP contribution in [0.5, 0.6) is 0 Å². The molecule has 0 saturated carbocycles. The van der Waals surface area contributed by atoms with Crippen LogP contribution >= 0.6 is 0 Å². The van der Waals surface area contributed by atoms with Crippen molar-refractivity contribution in [3.63, 3.8) is 0 Å². The summed E-state index contributed by atoms with van der Waals surface area (Å²) in [5, 5.41) is 9.64. The highest BCUT2D eigenvalue weighted by molar-refractivity contribution is 5.16. The first-order chi connectivity index (χ1) is 16.6. The Bertz CT molecular complexity index is 908. The topological polar surface area (TPSA) is 65.4 Å². The Labute approximate surface area is 204 Å². The Kier molecular flexibility index (Phi) is 10.6. The minimum atomic E-state index is 0.132. The van der Waals surface area contributed by atoms with Crippen LogP contribution in [0.1, 0.15) is 54.5 Å². The van der Waals surface area contributed by atoms with E-state index in [0.717, 1.165) is 69.1 Å². The third-order valence-corrected chi connectivity index (χ3v) is 6.19. The van der Waals surface area contributed by atoms with Gasteiger partial charge in [0.1, 0.15) is 0 Å². The van der Waals surface area contributed by atoms with Crippen LogP contribution in [0.4, 0.5) is 0 Å². The molecular weight excluding hydrogens is 422 g/mol. The molecule has 0 aliphatic heterocycles. The molecule has 3 rings (SSSR count). The molecule has 182 valence electrons. The van der Waals surface area contributed by atoms with Gasteiger partial charge in [0.15, 0.2) is 0 Å².